The number of pyridine rings is 3. The van der Waals surface area contributed by atoms with E-state index in [9.17, 15) is 17.6 Å². The molecule has 0 aliphatic rings. The first-order valence-electron chi connectivity index (χ1n) is 9.17. The van der Waals surface area contributed by atoms with Crippen LogP contribution in [0.3, 0.4) is 0 Å². The summed E-state index contributed by atoms with van der Waals surface area (Å²) in [7, 11) is -3.60. The second kappa shape index (κ2) is 9.04. The van der Waals surface area contributed by atoms with E-state index in [-0.39, 0.29) is 22.6 Å². The summed E-state index contributed by atoms with van der Waals surface area (Å²) in [5, 5.41) is 5.44. The molecule has 0 saturated carbocycles. The van der Waals surface area contributed by atoms with Crippen LogP contribution in [-0.2, 0) is 14.6 Å². The van der Waals surface area contributed by atoms with E-state index in [1.165, 1.54) is 37.4 Å². The largest absolute Gasteiger partial charge is 0.494 e. The topological polar surface area (TPSA) is 123 Å². The smallest absolute Gasteiger partial charge is 0.222 e. The summed E-state index contributed by atoms with van der Waals surface area (Å²) in [5.41, 5.74) is 1.31. The summed E-state index contributed by atoms with van der Waals surface area (Å²) in [4.78, 5) is 23.8. The fourth-order valence-corrected chi connectivity index (χ4v) is 3.26. The molecule has 0 bridgehead atoms. The molecule has 3 aromatic heterocycles. The average molecular weight is 445 g/mol. The maximum atomic E-state index is 13.3. The van der Waals surface area contributed by atoms with Gasteiger partial charge in [-0.15, -0.1) is 0 Å². The second-order valence-corrected chi connectivity index (χ2v) is 8.48. The number of amides is 1. The zero-order valence-corrected chi connectivity index (χ0v) is 17.8. The van der Waals surface area contributed by atoms with Gasteiger partial charge in [-0.05, 0) is 19.1 Å². The van der Waals surface area contributed by atoms with Gasteiger partial charge in [0.25, 0.3) is 0 Å². The van der Waals surface area contributed by atoms with E-state index in [1.807, 2.05) is 0 Å². The van der Waals surface area contributed by atoms with Crippen LogP contribution in [0.2, 0.25) is 0 Å². The minimum atomic E-state index is -3.60. The molecule has 0 unspecified atom stereocenters. The number of carbonyl (C=O) groups excluding carboxylic acids is 1. The van der Waals surface area contributed by atoms with Crippen LogP contribution in [0.5, 0.6) is 5.75 Å². The SMILES string of the molecule is CCOc1cc(Nc2cc(NC(C)=O)ncc2-c2ccc(F)cn2)nc(S(C)(=O)=O)c1. The van der Waals surface area contributed by atoms with Crippen LogP contribution in [0.25, 0.3) is 11.3 Å². The van der Waals surface area contributed by atoms with Crippen LogP contribution in [0.4, 0.5) is 21.7 Å². The summed E-state index contributed by atoms with van der Waals surface area (Å²) < 4.78 is 42.8. The number of sulfone groups is 1. The van der Waals surface area contributed by atoms with E-state index < -0.39 is 15.7 Å². The third kappa shape index (κ3) is 5.72. The van der Waals surface area contributed by atoms with Crippen molar-refractivity contribution in [3.8, 4) is 17.0 Å². The van der Waals surface area contributed by atoms with Gasteiger partial charge in [-0.25, -0.2) is 22.8 Å². The number of rotatable bonds is 7. The molecule has 0 fully saturated rings. The number of anilines is 3. The number of carbonyl (C=O) groups is 1. The van der Waals surface area contributed by atoms with E-state index in [4.69, 9.17) is 4.74 Å². The van der Waals surface area contributed by atoms with E-state index in [0.717, 1.165) is 12.5 Å². The zero-order valence-electron chi connectivity index (χ0n) is 17.0. The molecule has 0 aliphatic heterocycles. The number of hydrogen-bond donors (Lipinski definition) is 2. The Balaban J connectivity index is 2.11. The van der Waals surface area contributed by atoms with Crippen molar-refractivity contribution in [2.45, 2.75) is 18.9 Å². The minimum Gasteiger partial charge on any atom is -0.494 e. The quantitative estimate of drug-likeness (QED) is 0.568. The van der Waals surface area contributed by atoms with Crippen molar-refractivity contribution >= 4 is 33.1 Å². The molecule has 0 atom stereocenters. The van der Waals surface area contributed by atoms with Crippen LogP contribution in [0.15, 0.2) is 47.8 Å². The number of ether oxygens (including phenoxy) is 1. The normalized spacial score (nSPS) is 11.1. The van der Waals surface area contributed by atoms with E-state index in [1.54, 1.807) is 13.0 Å². The molecular weight excluding hydrogens is 425 g/mol. The first-order chi connectivity index (χ1) is 14.7. The third-order valence-corrected chi connectivity index (χ3v) is 4.91. The molecule has 11 heteroatoms. The third-order valence-electron chi connectivity index (χ3n) is 3.94. The Hall–Kier alpha value is -3.60. The Kier molecular flexibility index (Phi) is 6.44. The summed E-state index contributed by atoms with van der Waals surface area (Å²) in [6.07, 6.45) is 3.57. The van der Waals surface area contributed by atoms with Crippen LogP contribution >= 0.6 is 0 Å². The predicted molar refractivity (Wildman–Crippen MR) is 114 cm³/mol. The molecule has 0 aromatic carbocycles. The molecule has 3 rings (SSSR count). The maximum absolute atomic E-state index is 13.3. The Bertz CT molecular complexity index is 1220. The van der Waals surface area contributed by atoms with Crippen LogP contribution in [-0.4, -0.2) is 42.1 Å². The van der Waals surface area contributed by atoms with Crippen molar-refractivity contribution < 1.29 is 22.3 Å². The van der Waals surface area contributed by atoms with Crippen molar-refractivity contribution in [3.63, 3.8) is 0 Å². The highest BCUT2D eigenvalue weighted by atomic mass is 32.2. The molecule has 3 aromatic rings. The number of aromatic nitrogens is 3. The highest BCUT2D eigenvalue weighted by Gasteiger charge is 2.16. The van der Waals surface area contributed by atoms with Crippen LogP contribution < -0.4 is 15.4 Å². The van der Waals surface area contributed by atoms with Gasteiger partial charge in [0.1, 0.15) is 23.2 Å². The molecule has 31 heavy (non-hydrogen) atoms. The molecular formula is C20H20FN5O4S. The molecule has 0 saturated heterocycles. The predicted octanol–water partition coefficient (Wildman–Crippen LogP) is 3.18. The lowest BCUT2D eigenvalue weighted by Crippen LogP contribution is -2.09. The van der Waals surface area contributed by atoms with Gasteiger partial charge in [-0.2, -0.15) is 0 Å². The van der Waals surface area contributed by atoms with E-state index >= 15 is 0 Å². The number of nitrogens with zero attached hydrogens (tertiary/aromatic N) is 3. The van der Waals surface area contributed by atoms with Crippen molar-refractivity contribution in [1.82, 2.24) is 15.0 Å². The molecule has 3 heterocycles. The van der Waals surface area contributed by atoms with Crippen molar-refractivity contribution in [1.29, 1.82) is 0 Å². The molecule has 1 amide bonds. The lowest BCUT2D eigenvalue weighted by molar-refractivity contribution is -0.114. The van der Waals surface area contributed by atoms with Crippen molar-refractivity contribution in [3.05, 3.63) is 48.5 Å². The van der Waals surface area contributed by atoms with Crippen molar-refractivity contribution in [2.24, 2.45) is 0 Å². The average Bonchev–Trinajstić information content (AvgIpc) is 2.68. The fraction of sp³-hybridized carbons (Fsp3) is 0.200. The minimum absolute atomic E-state index is 0.168. The second-order valence-electron chi connectivity index (χ2n) is 6.51. The maximum Gasteiger partial charge on any atom is 0.222 e. The van der Waals surface area contributed by atoms with Gasteiger partial charge in [-0.1, -0.05) is 0 Å². The highest BCUT2D eigenvalue weighted by Crippen LogP contribution is 2.31. The lowest BCUT2D eigenvalue weighted by atomic mass is 10.1. The number of hydrogen-bond acceptors (Lipinski definition) is 8. The van der Waals surface area contributed by atoms with Gasteiger partial charge < -0.3 is 15.4 Å². The zero-order chi connectivity index (χ0) is 22.6. The van der Waals surface area contributed by atoms with Gasteiger partial charge >= 0.3 is 0 Å². The summed E-state index contributed by atoms with van der Waals surface area (Å²) >= 11 is 0. The molecule has 0 aliphatic carbocycles. The standard InChI is InChI=1S/C20H20FN5O4S/c1-4-30-14-7-19(26-20(8-14)31(3,28)29)25-17-9-18(24-12(2)27)23-11-15(17)16-6-5-13(21)10-22-16/h5-11H,4H2,1-3H3,(H2,23,24,25,26,27). The molecule has 2 N–H and O–H groups in total. The van der Waals surface area contributed by atoms with E-state index in [0.29, 0.717) is 29.3 Å². The first-order valence-corrected chi connectivity index (χ1v) is 11.1. The van der Waals surface area contributed by atoms with Gasteiger partial charge in [0.2, 0.25) is 5.91 Å². The van der Waals surface area contributed by atoms with Gasteiger partial charge in [0.15, 0.2) is 14.9 Å². The van der Waals surface area contributed by atoms with Crippen molar-refractivity contribution in [2.75, 3.05) is 23.5 Å². The van der Waals surface area contributed by atoms with Gasteiger partial charge in [-0.3, -0.25) is 9.78 Å². The molecule has 9 nitrogen and oxygen atoms in total. The van der Waals surface area contributed by atoms with Crippen LogP contribution in [0.1, 0.15) is 13.8 Å². The Morgan fingerprint density at radius 1 is 1.13 bits per heavy atom. The Labute approximate surface area is 178 Å². The van der Waals surface area contributed by atoms with Gasteiger partial charge in [0.05, 0.1) is 24.2 Å². The van der Waals surface area contributed by atoms with Gasteiger partial charge in [0, 0.05) is 43.1 Å². The molecule has 0 spiro atoms. The fourth-order valence-electron chi connectivity index (χ4n) is 2.67. The van der Waals surface area contributed by atoms with Crippen LogP contribution in [0, 0.1) is 5.82 Å². The molecule has 162 valence electrons. The molecule has 0 radical (unpaired) electrons. The summed E-state index contributed by atoms with van der Waals surface area (Å²) in [6, 6.07) is 7.14. The summed E-state index contributed by atoms with van der Waals surface area (Å²) in [6.45, 7) is 3.45. The Morgan fingerprint density at radius 3 is 2.52 bits per heavy atom. The number of nitrogens with one attached hydrogen (secondary N) is 2. The number of halogens is 1. The highest BCUT2D eigenvalue weighted by molar-refractivity contribution is 7.90. The Morgan fingerprint density at radius 2 is 1.90 bits per heavy atom. The summed E-state index contributed by atoms with van der Waals surface area (Å²) in [5.74, 6) is -0.0511. The monoisotopic (exact) mass is 445 g/mol. The van der Waals surface area contributed by atoms with E-state index in [2.05, 4.69) is 25.6 Å². The lowest BCUT2D eigenvalue weighted by Gasteiger charge is -2.14. The first kappa shape index (κ1) is 22.1.